The van der Waals surface area contributed by atoms with E-state index in [1.807, 2.05) is 13.8 Å². The molecule has 0 fully saturated rings. The molecule has 20 heavy (non-hydrogen) atoms. The van der Waals surface area contributed by atoms with E-state index < -0.39 is 17.5 Å². The van der Waals surface area contributed by atoms with E-state index in [1.54, 1.807) is 6.20 Å². The molecule has 0 aliphatic heterocycles. The Hall–Kier alpha value is -1.82. The van der Waals surface area contributed by atoms with Crippen molar-refractivity contribution in [3.8, 4) is 5.69 Å². The molecule has 3 nitrogen and oxygen atoms in total. The molecule has 0 bridgehead atoms. The fourth-order valence-electron chi connectivity index (χ4n) is 2.11. The van der Waals surface area contributed by atoms with Crippen LogP contribution >= 0.6 is 0 Å². The van der Waals surface area contributed by atoms with Crippen molar-refractivity contribution in [3.63, 3.8) is 0 Å². The first-order valence-electron chi connectivity index (χ1n) is 6.33. The van der Waals surface area contributed by atoms with Crippen molar-refractivity contribution in [1.82, 2.24) is 9.55 Å². The lowest BCUT2D eigenvalue weighted by Crippen LogP contribution is -2.16. The number of nitrogens with two attached hydrogens (primary N) is 1. The van der Waals surface area contributed by atoms with Crippen molar-refractivity contribution in [1.29, 1.82) is 0 Å². The number of rotatable bonds is 4. The monoisotopic (exact) mass is 283 g/mol. The van der Waals surface area contributed by atoms with Gasteiger partial charge in [0.25, 0.3) is 0 Å². The number of imidazole rings is 1. The molecular weight excluding hydrogens is 267 g/mol. The first-order valence-corrected chi connectivity index (χ1v) is 6.33. The topological polar surface area (TPSA) is 43.8 Å². The van der Waals surface area contributed by atoms with E-state index >= 15 is 0 Å². The summed E-state index contributed by atoms with van der Waals surface area (Å²) in [5.74, 6) is -3.59. The molecule has 1 atom stereocenters. The summed E-state index contributed by atoms with van der Waals surface area (Å²) in [6.45, 7) is 4.05. The van der Waals surface area contributed by atoms with E-state index in [-0.39, 0.29) is 11.7 Å². The second-order valence-corrected chi connectivity index (χ2v) is 5.15. The van der Waals surface area contributed by atoms with Crippen LogP contribution in [0.2, 0.25) is 0 Å². The van der Waals surface area contributed by atoms with Gasteiger partial charge in [0, 0.05) is 18.2 Å². The number of nitrogens with zero attached hydrogens (tertiary/aromatic N) is 2. The summed E-state index contributed by atoms with van der Waals surface area (Å²) < 4.78 is 41.0. The average Bonchev–Trinajstić information content (AvgIpc) is 2.83. The van der Waals surface area contributed by atoms with E-state index in [9.17, 15) is 13.2 Å². The minimum absolute atomic E-state index is 0.160. The van der Waals surface area contributed by atoms with Crippen molar-refractivity contribution in [2.75, 3.05) is 0 Å². The molecular formula is C14H16F3N3. The van der Waals surface area contributed by atoms with Gasteiger partial charge in [0.2, 0.25) is 0 Å². The van der Waals surface area contributed by atoms with Crippen LogP contribution in [0, 0.1) is 23.4 Å². The maximum absolute atomic E-state index is 13.3. The quantitative estimate of drug-likeness (QED) is 0.875. The normalized spacial score (nSPS) is 12.9. The Balaban J connectivity index is 2.42. The summed E-state index contributed by atoms with van der Waals surface area (Å²) in [7, 11) is 0. The number of halogens is 3. The Morgan fingerprint density at radius 2 is 1.80 bits per heavy atom. The molecule has 6 heteroatoms. The van der Waals surface area contributed by atoms with Gasteiger partial charge in [-0.05, 0) is 12.3 Å². The number of hydrogen-bond donors (Lipinski definition) is 1. The second-order valence-electron chi connectivity index (χ2n) is 5.15. The molecule has 0 aliphatic carbocycles. The third kappa shape index (κ3) is 2.85. The van der Waals surface area contributed by atoms with Crippen molar-refractivity contribution in [2.45, 2.75) is 26.3 Å². The largest absolute Gasteiger partial charge is 0.323 e. The van der Waals surface area contributed by atoms with E-state index in [0.29, 0.717) is 18.0 Å². The molecule has 2 aromatic rings. The van der Waals surface area contributed by atoms with Crippen LogP contribution in [0.4, 0.5) is 13.2 Å². The highest BCUT2D eigenvalue weighted by molar-refractivity contribution is 5.36. The first kappa shape index (κ1) is 14.6. The van der Waals surface area contributed by atoms with E-state index in [1.165, 1.54) is 10.9 Å². The minimum atomic E-state index is -1.48. The predicted octanol–water partition coefficient (Wildman–Crippen LogP) is 3.34. The summed E-state index contributed by atoms with van der Waals surface area (Å²) in [4.78, 5) is 3.95. The van der Waals surface area contributed by atoms with Gasteiger partial charge in [-0.25, -0.2) is 18.2 Å². The summed E-state index contributed by atoms with van der Waals surface area (Å²) in [5, 5.41) is 0. The highest BCUT2D eigenvalue weighted by atomic mass is 19.2. The van der Waals surface area contributed by atoms with Crippen molar-refractivity contribution < 1.29 is 13.2 Å². The van der Waals surface area contributed by atoms with Gasteiger partial charge in [-0.1, -0.05) is 13.8 Å². The lowest BCUT2D eigenvalue weighted by atomic mass is 10.0. The number of benzene rings is 1. The van der Waals surface area contributed by atoms with Gasteiger partial charge in [-0.2, -0.15) is 0 Å². The first-order chi connectivity index (χ1) is 9.40. The van der Waals surface area contributed by atoms with Crippen LogP contribution in [0.5, 0.6) is 0 Å². The van der Waals surface area contributed by atoms with Gasteiger partial charge in [0.15, 0.2) is 17.5 Å². The van der Waals surface area contributed by atoms with E-state index in [0.717, 1.165) is 12.1 Å². The molecule has 1 heterocycles. The Morgan fingerprint density at radius 3 is 2.35 bits per heavy atom. The molecule has 0 saturated carbocycles. The fraction of sp³-hybridized carbons (Fsp3) is 0.357. The maximum Gasteiger partial charge on any atom is 0.194 e. The van der Waals surface area contributed by atoms with Gasteiger partial charge in [-0.15, -0.1) is 0 Å². The summed E-state index contributed by atoms with van der Waals surface area (Å²) in [6.07, 6.45) is 3.66. The van der Waals surface area contributed by atoms with Crippen LogP contribution < -0.4 is 5.73 Å². The van der Waals surface area contributed by atoms with Crippen LogP contribution in [0.3, 0.4) is 0 Å². The van der Waals surface area contributed by atoms with Crippen LogP contribution in [-0.2, 0) is 0 Å². The summed E-state index contributed by atoms with van der Waals surface area (Å²) in [5.41, 5.74) is 6.85. The van der Waals surface area contributed by atoms with Crippen LogP contribution in [0.1, 0.15) is 32.0 Å². The van der Waals surface area contributed by atoms with E-state index in [4.69, 9.17) is 5.73 Å². The van der Waals surface area contributed by atoms with Gasteiger partial charge in [0.05, 0.1) is 23.9 Å². The average molecular weight is 283 g/mol. The van der Waals surface area contributed by atoms with Gasteiger partial charge < -0.3 is 10.3 Å². The minimum Gasteiger partial charge on any atom is -0.323 e. The molecule has 1 aromatic heterocycles. The van der Waals surface area contributed by atoms with Crippen molar-refractivity contribution in [2.24, 2.45) is 11.7 Å². The van der Waals surface area contributed by atoms with E-state index in [2.05, 4.69) is 4.98 Å². The van der Waals surface area contributed by atoms with Crippen molar-refractivity contribution >= 4 is 0 Å². The molecule has 2 rings (SSSR count). The molecule has 0 saturated heterocycles. The van der Waals surface area contributed by atoms with Crippen molar-refractivity contribution in [3.05, 3.63) is 47.8 Å². The SMILES string of the molecule is CC(C)CC(N)c1cncn1-c1cc(F)c(F)c(F)c1. The van der Waals surface area contributed by atoms with Gasteiger partial charge in [0.1, 0.15) is 0 Å². The molecule has 0 spiro atoms. The van der Waals surface area contributed by atoms with Crippen LogP contribution in [0.25, 0.3) is 5.69 Å². The Labute approximate surface area is 115 Å². The molecule has 0 radical (unpaired) electrons. The zero-order valence-electron chi connectivity index (χ0n) is 11.3. The zero-order chi connectivity index (χ0) is 14.9. The second kappa shape index (κ2) is 5.66. The highest BCUT2D eigenvalue weighted by Gasteiger charge is 2.17. The predicted molar refractivity (Wildman–Crippen MR) is 69.8 cm³/mol. The molecule has 1 unspecified atom stereocenters. The lowest BCUT2D eigenvalue weighted by molar-refractivity contribution is 0.445. The van der Waals surface area contributed by atoms with Crippen LogP contribution in [0.15, 0.2) is 24.7 Å². The van der Waals surface area contributed by atoms with Gasteiger partial charge in [-0.3, -0.25) is 0 Å². The number of aromatic nitrogens is 2. The molecule has 0 amide bonds. The third-order valence-electron chi connectivity index (χ3n) is 3.02. The summed E-state index contributed by atoms with van der Waals surface area (Å²) in [6, 6.07) is 1.53. The zero-order valence-corrected chi connectivity index (χ0v) is 11.3. The summed E-state index contributed by atoms with van der Waals surface area (Å²) >= 11 is 0. The Bertz CT molecular complexity index is 584. The third-order valence-corrected chi connectivity index (χ3v) is 3.02. The standard InChI is InChI=1S/C14H16F3N3/c1-8(2)3-12(18)13-6-19-7-20(13)9-4-10(15)14(17)11(16)5-9/h4-8,12H,3,18H2,1-2H3. The Kier molecular flexibility index (Phi) is 4.13. The maximum atomic E-state index is 13.3. The fourth-order valence-corrected chi connectivity index (χ4v) is 2.11. The smallest absolute Gasteiger partial charge is 0.194 e. The highest BCUT2D eigenvalue weighted by Crippen LogP contribution is 2.23. The van der Waals surface area contributed by atoms with Crippen LogP contribution in [-0.4, -0.2) is 9.55 Å². The Morgan fingerprint density at radius 1 is 1.20 bits per heavy atom. The van der Waals surface area contributed by atoms with Gasteiger partial charge >= 0.3 is 0 Å². The lowest BCUT2D eigenvalue weighted by Gasteiger charge is -2.16. The molecule has 108 valence electrons. The molecule has 2 N–H and O–H groups in total. The number of hydrogen-bond acceptors (Lipinski definition) is 2. The molecule has 1 aromatic carbocycles. The molecule has 0 aliphatic rings.